The zero-order valence-electron chi connectivity index (χ0n) is 12.2. The number of halogens is 1. The van der Waals surface area contributed by atoms with Crippen LogP contribution >= 0.6 is 12.4 Å². The molecule has 0 fully saturated rings. The van der Waals surface area contributed by atoms with E-state index in [2.05, 4.69) is 30.0 Å². The van der Waals surface area contributed by atoms with Crippen LogP contribution in [0.3, 0.4) is 0 Å². The summed E-state index contributed by atoms with van der Waals surface area (Å²) in [7, 11) is 0. The highest BCUT2D eigenvalue weighted by Crippen LogP contribution is 2.24. The van der Waals surface area contributed by atoms with Crippen molar-refractivity contribution in [3.05, 3.63) is 58.5 Å². The fourth-order valence-electron chi connectivity index (χ4n) is 2.40. The van der Waals surface area contributed by atoms with Crippen molar-refractivity contribution in [1.29, 1.82) is 0 Å². The first-order valence-electron chi connectivity index (χ1n) is 6.71. The quantitative estimate of drug-likeness (QED) is 0.857. The zero-order chi connectivity index (χ0) is 13.8. The summed E-state index contributed by atoms with van der Waals surface area (Å²) in [6, 6.07) is 13.9. The molecule has 4 heteroatoms. The SMILES string of the molecule is CCN(c1ccccc1)c1cc(C)n(CC)c(=O)c1.Cl. The van der Waals surface area contributed by atoms with E-state index in [1.807, 2.05) is 32.0 Å². The Morgan fingerprint density at radius 3 is 2.20 bits per heavy atom. The molecular formula is C16H21ClN2O. The molecule has 2 aromatic rings. The average molecular weight is 293 g/mol. The van der Waals surface area contributed by atoms with Crippen LogP contribution in [0.15, 0.2) is 47.3 Å². The molecule has 0 bridgehead atoms. The molecule has 0 spiro atoms. The third kappa shape index (κ3) is 3.23. The largest absolute Gasteiger partial charge is 0.342 e. The molecule has 20 heavy (non-hydrogen) atoms. The zero-order valence-corrected chi connectivity index (χ0v) is 13.0. The Balaban J connectivity index is 0.00000200. The van der Waals surface area contributed by atoms with Crippen LogP contribution in [-0.2, 0) is 6.54 Å². The van der Waals surface area contributed by atoms with Crippen LogP contribution in [0.2, 0.25) is 0 Å². The van der Waals surface area contributed by atoms with Crippen molar-refractivity contribution >= 4 is 23.8 Å². The summed E-state index contributed by atoms with van der Waals surface area (Å²) < 4.78 is 1.78. The van der Waals surface area contributed by atoms with E-state index < -0.39 is 0 Å². The molecule has 3 nitrogen and oxygen atoms in total. The predicted molar refractivity (Wildman–Crippen MR) is 87.5 cm³/mol. The molecule has 0 aliphatic rings. The van der Waals surface area contributed by atoms with Crippen molar-refractivity contribution in [2.75, 3.05) is 11.4 Å². The summed E-state index contributed by atoms with van der Waals surface area (Å²) in [5.41, 5.74) is 3.13. The van der Waals surface area contributed by atoms with Crippen LogP contribution in [0.25, 0.3) is 0 Å². The Morgan fingerprint density at radius 1 is 1.05 bits per heavy atom. The molecule has 0 amide bonds. The van der Waals surface area contributed by atoms with Gasteiger partial charge in [0.25, 0.3) is 5.56 Å². The summed E-state index contributed by atoms with van der Waals surface area (Å²) in [5, 5.41) is 0. The highest BCUT2D eigenvalue weighted by atomic mass is 35.5. The van der Waals surface area contributed by atoms with Crippen molar-refractivity contribution in [3.8, 4) is 0 Å². The molecule has 0 saturated heterocycles. The second kappa shape index (κ2) is 7.15. The standard InChI is InChI=1S/C16H20N2O.ClH/c1-4-17-13(3)11-15(12-16(17)19)18(5-2)14-9-7-6-8-10-14;/h6-12H,4-5H2,1-3H3;1H. The summed E-state index contributed by atoms with van der Waals surface area (Å²) in [6.45, 7) is 7.60. The van der Waals surface area contributed by atoms with Gasteiger partial charge in [-0.25, -0.2) is 0 Å². The Hall–Kier alpha value is -1.74. The van der Waals surface area contributed by atoms with Crippen LogP contribution in [0, 0.1) is 6.92 Å². The maximum Gasteiger partial charge on any atom is 0.252 e. The van der Waals surface area contributed by atoms with Gasteiger partial charge in [-0.3, -0.25) is 4.79 Å². The molecule has 0 atom stereocenters. The van der Waals surface area contributed by atoms with Gasteiger partial charge in [-0.05, 0) is 39.0 Å². The van der Waals surface area contributed by atoms with Gasteiger partial charge in [0.05, 0.1) is 0 Å². The number of benzene rings is 1. The van der Waals surface area contributed by atoms with Crippen LogP contribution in [0.1, 0.15) is 19.5 Å². The Bertz CT molecular complexity index is 608. The molecule has 1 heterocycles. The van der Waals surface area contributed by atoms with E-state index in [-0.39, 0.29) is 18.0 Å². The summed E-state index contributed by atoms with van der Waals surface area (Å²) >= 11 is 0. The second-order valence-corrected chi connectivity index (χ2v) is 4.52. The summed E-state index contributed by atoms with van der Waals surface area (Å²) in [6.07, 6.45) is 0. The second-order valence-electron chi connectivity index (χ2n) is 4.52. The topological polar surface area (TPSA) is 25.2 Å². The Kier molecular flexibility index (Phi) is 5.83. The van der Waals surface area contributed by atoms with Gasteiger partial charge in [0.1, 0.15) is 0 Å². The lowest BCUT2D eigenvalue weighted by Crippen LogP contribution is -2.24. The predicted octanol–water partition coefficient (Wildman–Crippen LogP) is 3.76. The lowest BCUT2D eigenvalue weighted by Gasteiger charge is -2.24. The van der Waals surface area contributed by atoms with Gasteiger partial charge in [0.15, 0.2) is 0 Å². The van der Waals surface area contributed by atoms with Gasteiger partial charge in [0, 0.05) is 36.2 Å². The van der Waals surface area contributed by atoms with E-state index in [9.17, 15) is 4.79 Å². The Morgan fingerprint density at radius 2 is 1.70 bits per heavy atom. The third-order valence-electron chi connectivity index (χ3n) is 3.33. The maximum absolute atomic E-state index is 12.1. The summed E-state index contributed by atoms with van der Waals surface area (Å²) in [4.78, 5) is 14.2. The van der Waals surface area contributed by atoms with Crippen LogP contribution in [0.5, 0.6) is 0 Å². The van der Waals surface area contributed by atoms with Gasteiger partial charge in [-0.1, -0.05) is 18.2 Å². The molecule has 0 aliphatic carbocycles. The third-order valence-corrected chi connectivity index (χ3v) is 3.33. The van der Waals surface area contributed by atoms with Gasteiger partial charge < -0.3 is 9.47 Å². The van der Waals surface area contributed by atoms with Crippen LogP contribution < -0.4 is 10.5 Å². The van der Waals surface area contributed by atoms with Crippen molar-refractivity contribution in [2.45, 2.75) is 27.3 Å². The number of nitrogens with zero attached hydrogens (tertiary/aromatic N) is 2. The molecule has 0 saturated carbocycles. The number of pyridine rings is 1. The molecule has 0 aliphatic heterocycles. The van der Waals surface area contributed by atoms with Crippen LogP contribution in [-0.4, -0.2) is 11.1 Å². The minimum Gasteiger partial charge on any atom is -0.342 e. The first-order chi connectivity index (χ1) is 9.17. The number of hydrogen-bond donors (Lipinski definition) is 0. The number of rotatable bonds is 4. The Labute approximate surface area is 126 Å². The fourth-order valence-corrected chi connectivity index (χ4v) is 2.40. The van der Waals surface area contributed by atoms with Crippen molar-refractivity contribution in [1.82, 2.24) is 4.57 Å². The summed E-state index contributed by atoms with van der Waals surface area (Å²) in [5.74, 6) is 0. The van der Waals surface area contributed by atoms with E-state index >= 15 is 0 Å². The molecule has 1 aromatic heterocycles. The van der Waals surface area contributed by atoms with E-state index in [0.29, 0.717) is 6.54 Å². The number of aryl methyl sites for hydroxylation is 1. The van der Waals surface area contributed by atoms with E-state index in [0.717, 1.165) is 23.6 Å². The van der Waals surface area contributed by atoms with Gasteiger partial charge in [-0.15, -0.1) is 12.4 Å². The first-order valence-corrected chi connectivity index (χ1v) is 6.71. The number of aromatic nitrogens is 1. The van der Waals surface area contributed by atoms with E-state index in [1.54, 1.807) is 10.6 Å². The minimum absolute atomic E-state index is 0. The molecule has 0 unspecified atom stereocenters. The van der Waals surface area contributed by atoms with Gasteiger partial charge in [-0.2, -0.15) is 0 Å². The first kappa shape index (κ1) is 16.3. The van der Waals surface area contributed by atoms with Crippen LogP contribution in [0.4, 0.5) is 11.4 Å². The molecule has 0 N–H and O–H groups in total. The average Bonchev–Trinajstić information content (AvgIpc) is 2.40. The lowest BCUT2D eigenvalue weighted by molar-refractivity contribution is 0.700. The number of hydrogen-bond acceptors (Lipinski definition) is 2. The van der Waals surface area contributed by atoms with Crippen molar-refractivity contribution < 1.29 is 0 Å². The number of anilines is 2. The molecule has 2 rings (SSSR count). The van der Waals surface area contributed by atoms with E-state index in [4.69, 9.17) is 0 Å². The van der Waals surface area contributed by atoms with Crippen molar-refractivity contribution in [2.24, 2.45) is 0 Å². The molecule has 108 valence electrons. The maximum atomic E-state index is 12.1. The minimum atomic E-state index is 0. The highest BCUT2D eigenvalue weighted by molar-refractivity contribution is 5.85. The smallest absolute Gasteiger partial charge is 0.252 e. The van der Waals surface area contributed by atoms with Gasteiger partial charge >= 0.3 is 0 Å². The monoisotopic (exact) mass is 292 g/mol. The van der Waals surface area contributed by atoms with Crippen molar-refractivity contribution in [3.63, 3.8) is 0 Å². The fraction of sp³-hybridized carbons (Fsp3) is 0.312. The molecular weight excluding hydrogens is 272 g/mol. The molecule has 0 radical (unpaired) electrons. The van der Waals surface area contributed by atoms with E-state index in [1.165, 1.54) is 0 Å². The lowest BCUT2D eigenvalue weighted by atomic mass is 10.2. The normalized spacial score (nSPS) is 9.95. The van der Waals surface area contributed by atoms with Gasteiger partial charge in [0.2, 0.25) is 0 Å². The molecule has 1 aromatic carbocycles. The highest BCUT2D eigenvalue weighted by Gasteiger charge is 2.09. The number of para-hydroxylation sites is 1.